The van der Waals surface area contributed by atoms with E-state index >= 15 is 0 Å². The average Bonchev–Trinajstić information content (AvgIpc) is 3.15. The summed E-state index contributed by atoms with van der Waals surface area (Å²) < 4.78 is 10.7. The van der Waals surface area contributed by atoms with Crippen molar-refractivity contribution in [1.82, 2.24) is 9.97 Å². The van der Waals surface area contributed by atoms with Crippen molar-refractivity contribution >= 4 is 5.82 Å². The summed E-state index contributed by atoms with van der Waals surface area (Å²) in [6.45, 7) is 2.56. The Morgan fingerprint density at radius 3 is 2.92 bits per heavy atom. The van der Waals surface area contributed by atoms with Gasteiger partial charge in [0.05, 0.1) is 18.9 Å². The normalized spacial score (nSPS) is 17.2. The summed E-state index contributed by atoms with van der Waals surface area (Å²) in [5, 5.41) is 12.6. The molecule has 6 nitrogen and oxygen atoms in total. The molecule has 1 atom stereocenters. The molecule has 0 radical (unpaired) electrons. The molecule has 128 valence electrons. The standard InChI is InChI=1S/C18H23N3O3/c1-23-12-18-20-16(15-5-6-24-11-15)8-17(21-18)19-9-13-3-2-4-14(7-13)10-22/h2-4,7-8,15,22H,5-6,9-12H2,1H3,(H,19,20,21)/t15-/m1/s1. The zero-order chi connectivity index (χ0) is 16.8. The Labute approximate surface area is 141 Å². The lowest BCUT2D eigenvalue weighted by Crippen LogP contribution is -2.10. The predicted molar refractivity (Wildman–Crippen MR) is 90.6 cm³/mol. The number of aromatic nitrogens is 2. The van der Waals surface area contributed by atoms with Gasteiger partial charge in [0.2, 0.25) is 0 Å². The number of nitrogens with one attached hydrogen (secondary N) is 1. The molecule has 2 N–H and O–H groups in total. The van der Waals surface area contributed by atoms with Gasteiger partial charge in [-0.1, -0.05) is 24.3 Å². The van der Waals surface area contributed by atoms with Gasteiger partial charge in [0, 0.05) is 32.2 Å². The highest BCUT2D eigenvalue weighted by Gasteiger charge is 2.20. The lowest BCUT2D eigenvalue weighted by atomic mass is 10.0. The quantitative estimate of drug-likeness (QED) is 0.811. The molecule has 24 heavy (non-hydrogen) atoms. The molecule has 1 aromatic carbocycles. The molecule has 0 saturated carbocycles. The molecule has 1 fully saturated rings. The highest BCUT2D eigenvalue weighted by atomic mass is 16.5. The van der Waals surface area contributed by atoms with Crippen LogP contribution >= 0.6 is 0 Å². The van der Waals surface area contributed by atoms with E-state index in [1.807, 2.05) is 30.3 Å². The molecular weight excluding hydrogens is 306 g/mol. The van der Waals surface area contributed by atoms with Gasteiger partial charge < -0.3 is 19.9 Å². The highest BCUT2D eigenvalue weighted by molar-refractivity contribution is 5.39. The van der Waals surface area contributed by atoms with E-state index < -0.39 is 0 Å². The van der Waals surface area contributed by atoms with Crippen LogP contribution in [0.4, 0.5) is 5.82 Å². The maximum Gasteiger partial charge on any atom is 0.156 e. The number of nitrogens with zero attached hydrogens (tertiary/aromatic N) is 2. The molecule has 1 aliphatic rings. The molecule has 1 aromatic heterocycles. The Kier molecular flexibility index (Phi) is 5.74. The van der Waals surface area contributed by atoms with E-state index in [9.17, 15) is 5.11 Å². The number of anilines is 1. The van der Waals surface area contributed by atoms with E-state index in [2.05, 4.69) is 15.3 Å². The third-order valence-corrected chi connectivity index (χ3v) is 4.06. The first-order valence-corrected chi connectivity index (χ1v) is 8.15. The Bertz CT molecular complexity index is 672. The van der Waals surface area contributed by atoms with Crippen molar-refractivity contribution in [3.63, 3.8) is 0 Å². The molecular formula is C18H23N3O3. The molecule has 0 amide bonds. The molecule has 2 aromatic rings. The summed E-state index contributed by atoms with van der Waals surface area (Å²) in [7, 11) is 1.64. The minimum Gasteiger partial charge on any atom is -0.392 e. The molecule has 0 aliphatic carbocycles. The largest absolute Gasteiger partial charge is 0.392 e. The second-order valence-corrected chi connectivity index (χ2v) is 5.92. The number of hydrogen-bond acceptors (Lipinski definition) is 6. The van der Waals surface area contributed by atoms with Crippen LogP contribution in [-0.4, -0.2) is 35.4 Å². The average molecular weight is 329 g/mol. The van der Waals surface area contributed by atoms with Gasteiger partial charge in [-0.3, -0.25) is 0 Å². The van der Waals surface area contributed by atoms with E-state index in [0.29, 0.717) is 31.5 Å². The fourth-order valence-corrected chi connectivity index (χ4v) is 2.81. The Morgan fingerprint density at radius 2 is 2.17 bits per heavy atom. The van der Waals surface area contributed by atoms with Gasteiger partial charge in [-0.25, -0.2) is 9.97 Å². The van der Waals surface area contributed by atoms with Gasteiger partial charge in [0.25, 0.3) is 0 Å². The molecule has 1 saturated heterocycles. The van der Waals surface area contributed by atoms with Crippen molar-refractivity contribution in [3.05, 3.63) is 53.0 Å². The van der Waals surface area contributed by atoms with Gasteiger partial charge >= 0.3 is 0 Å². The van der Waals surface area contributed by atoms with Crippen LogP contribution in [0.25, 0.3) is 0 Å². The van der Waals surface area contributed by atoms with Crippen LogP contribution in [0.3, 0.4) is 0 Å². The Hall–Kier alpha value is -2.02. The van der Waals surface area contributed by atoms with Gasteiger partial charge in [-0.2, -0.15) is 0 Å². The number of aliphatic hydroxyl groups excluding tert-OH is 1. The van der Waals surface area contributed by atoms with Crippen molar-refractivity contribution < 1.29 is 14.6 Å². The van der Waals surface area contributed by atoms with Crippen molar-refractivity contribution in [2.24, 2.45) is 0 Å². The zero-order valence-electron chi connectivity index (χ0n) is 13.9. The fourth-order valence-electron chi connectivity index (χ4n) is 2.81. The first-order chi connectivity index (χ1) is 11.8. The summed E-state index contributed by atoms with van der Waals surface area (Å²) in [4.78, 5) is 9.11. The van der Waals surface area contributed by atoms with Gasteiger partial charge in [-0.15, -0.1) is 0 Å². The number of aliphatic hydroxyl groups is 1. The molecule has 2 heterocycles. The number of benzene rings is 1. The number of hydrogen-bond donors (Lipinski definition) is 2. The maximum absolute atomic E-state index is 9.23. The fraction of sp³-hybridized carbons (Fsp3) is 0.444. The van der Waals surface area contributed by atoms with E-state index in [-0.39, 0.29) is 6.61 Å². The number of ether oxygens (including phenoxy) is 2. The van der Waals surface area contributed by atoms with Crippen molar-refractivity contribution in [2.45, 2.75) is 32.1 Å². The molecule has 0 bridgehead atoms. The summed E-state index contributed by atoms with van der Waals surface area (Å²) >= 11 is 0. The molecule has 0 spiro atoms. The predicted octanol–water partition coefficient (Wildman–Crippen LogP) is 2.23. The van der Waals surface area contributed by atoms with Gasteiger partial charge in [-0.05, 0) is 17.5 Å². The van der Waals surface area contributed by atoms with Crippen LogP contribution in [0.15, 0.2) is 30.3 Å². The first kappa shape index (κ1) is 16.8. The molecule has 1 aliphatic heterocycles. The lowest BCUT2D eigenvalue weighted by molar-refractivity contribution is 0.177. The van der Waals surface area contributed by atoms with Crippen LogP contribution in [0.1, 0.15) is 35.0 Å². The van der Waals surface area contributed by atoms with Gasteiger partial charge in [0.15, 0.2) is 5.82 Å². The second kappa shape index (κ2) is 8.19. The maximum atomic E-state index is 9.23. The van der Waals surface area contributed by atoms with E-state index in [1.165, 1.54) is 0 Å². The first-order valence-electron chi connectivity index (χ1n) is 8.15. The summed E-state index contributed by atoms with van der Waals surface area (Å²) in [5.74, 6) is 1.78. The van der Waals surface area contributed by atoms with E-state index in [1.54, 1.807) is 7.11 Å². The number of methoxy groups -OCH3 is 1. The van der Waals surface area contributed by atoms with Crippen molar-refractivity contribution in [3.8, 4) is 0 Å². The van der Waals surface area contributed by atoms with Crippen molar-refractivity contribution in [1.29, 1.82) is 0 Å². The van der Waals surface area contributed by atoms with Crippen LogP contribution in [0.5, 0.6) is 0 Å². The minimum atomic E-state index is 0.0468. The third-order valence-electron chi connectivity index (χ3n) is 4.06. The summed E-state index contributed by atoms with van der Waals surface area (Å²) in [6.07, 6.45) is 0.988. The van der Waals surface area contributed by atoms with Crippen LogP contribution in [-0.2, 0) is 29.2 Å². The SMILES string of the molecule is COCc1nc(NCc2cccc(CO)c2)cc([C@@H]2CCOC2)n1. The van der Waals surface area contributed by atoms with Crippen LogP contribution in [0.2, 0.25) is 0 Å². The number of rotatable bonds is 7. The van der Waals surface area contributed by atoms with E-state index in [4.69, 9.17) is 9.47 Å². The Balaban J connectivity index is 1.75. The lowest BCUT2D eigenvalue weighted by Gasteiger charge is -2.13. The smallest absolute Gasteiger partial charge is 0.156 e. The Morgan fingerprint density at radius 1 is 1.29 bits per heavy atom. The summed E-state index contributed by atoms with van der Waals surface area (Å²) in [6, 6.07) is 9.85. The van der Waals surface area contributed by atoms with Crippen molar-refractivity contribution in [2.75, 3.05) is 25.6 Å². The highest BCUT2D eigenvalue weighted by Crippen LogP contribution is 2.25. The third kappa shape index (κ3) is 4.29. The molecule has 6 heteroatoms. The van der Waals surface area contributed by atoms with Crippen LogP contribution < -0.4 is 5.32 Å². The molecule has 0 unspecified atom stereocenters. The summed E-state index contributed by atoms with van der Waals surface area (Å²) in [5.41, 5.74) is 3.00. The zero-order valence-corrected chi connectivity index (χ0v) is 13.9. The van der Waals surface area contributed by atoms with E-state index in [0.717, 1.165) is 35.7 Å². The topological polar surface area (TPSA) is 76.5 Å². The monoisotopic (exact) mass is 329 g/mol. The van der Waals surface area contributed by atoms with Gasteiger partial charge in [0.1, 0.15) is 12.4 Å². The second-order valence-electron chi connectivity index (χ2n) is 5.92. The minimum absolute atomic E-state index is 0.0468. The molecule has 3 rings (SSSR count). The van der Waals surface area contributed by atoms with Crippen LogP contribution in [0, 0.1) is 0 Å².